The van der Waals surface area contributed by atoms with Gasteiger partial charge in [0.1, 0.15) is 6.04 Å². The van der Waals surface area contributed by atoms with Gasteiger partial charge in [0.05, 0.1) is 12.7 Å². The fraction of sp³-hybridized carbons (Fsp3) is 0.500. The summed E-state index contributed by atoms with van der Waals surface area (Å²) in [5, 5.41) is 10.9. The number of hydrogen-bond donors (Lipinski definition) is 2. The summed E-state index contributed by atoms with van der Waals surface area (Å²) in [4.78, 5) is 32.4. The van der Waals surface area contributed by atoms with Crippen LogP contribution in [0.3, 0.4) is 0 Å². The van der Waals surface area contributed by atoms with Gasteiger partial charge < -0.3 is 20.2 Å². The molecule has 0 aliphatic carbocycles. The van der Waals surface area contributed by atoms with Crippen LogP contribution in [0.1, 0.15) is 5.69 Å². The summed E-state index contributed by atoms with van der Waals surface area (Å²) in [6.07, 6.45) is -5.38. The van der Waals surface area contributed by atoms with Gasteiger partial charge in [-0.1, -0.05) is 11.6 Å². The highest BCUT2D eigenvalue weighted by atomic mass is 35.5. The lowest BCUT2D eigenvalue weighted by Crippen LogP contribution is -2.60. The average Bonchev–Trinajstić information content (AvgIpc) is 2.52. The van der Waals surface area contributed by atoms with E-state index in [9.17, 15) is 22.8 Å². The van der Waals surface area contributed by atoms with Gasteiger partial charge in [-0.15, -0.1) is 0 Å². The largest absolute Gasteiger partial charge is 0.465 e. The van der Waals surface area contributed by atoms with Gasteiger partial charge in [0, 0.05) is 20.1 Å². The topological polar surface area (TPSA) is 98.7 Å². The molecule has 1 aliphatic rings. The zero-order valence-electron chi connectivity index (χ0n) is 12.3. The number of rotatable bonds is 2. The number of halogens is 4. The first-order valence-corrected chi connectivity index (χ1v) is 7.08. The predicted molar refractivity (Wildman–Crippen MR) is 76.8 cm³/mol. The van der Waals surface area contributed by atoms with Crippen LogP contribution < -0.4 is 10.2 Å². The average molecular weight is 368 g/mol. The Morgan fingerprint density at radius 1 is 1.42 bits per heavy atom. The Hall–Kier alpha value is -2.30. The molecule has 1 aromatic rings. The van der Waals surface area contributed by atoms with E-state index >= 15 is 0 Å². The third-order valence-electron chi connectivity index (χ3n) is 3.47. The van der Waals surface area contributed by atoms with E-state index in [1.807, 2.05) is 0 Å². The molecule has 12 heteroatoms. The van der Waals surface area contributed by atoms with E-state index in [1.165, 1.54) is 11.9 Å². The van der Waals surface area contributed by atoms with Crippen molar-refractivity contribution >= 4 is 29.4 Å². The van der Waals surface area contributed by atoms with Crippen molar-refractivity contribution in [3.8, 4) is 0 Å². The quantitative estimate of drug-likeness (QED) is 0.811. The number of aromatic nitrogens is 2. The second kappa shape index (κ2) is 6.67. The summed E-state index contributed by atoms with van der Waals surface area (Å²) in [6, 6.07) is -0.983. The minimum absolute atomic E-state index is 0.0319. The first-order valence-electron chi connectivity index (χ1n) is 6.71. The van der Waals surface area contributed by atoms with Gasteiger partial charge in [-0.25, -0.2) is 14.8 Å². The predicted octanol–water partition coefficient (Wildman–Crippen LogP) is 1.06. The van der Waals surface area contributed by atoms with E-state index in [-0.39, 0.29) is 25.5 Å². The third-order valence-corrected chi connectivity index (χ3v) is 3.73. The monoisotopic (exact) mass is 367 g/mol. The van der Waals surface area contributed by atoms with Crippen LogP contribution in [0.15, 0.2) is 6.20 Å². The Morgan fingerprint density at radius 2 is 2.08 bits per heavy atom. The van der Waals surface area contributed by atoms with Gasteiger partial charge >= 0.3 is 12.3 Å². The molecule has 0 saturated carbocycles. The van der Waals surface area contributed by atoms with Crippen LogP contribution in [0.5, 0.6) is 0 Å². The zero-order chi connectivity index (χ0) is 18.1. The Morgan fingerprint density at radius 3 is 2.58 bits per heavy atom. The van der Waals surface area contributed by atoms with Crippen LogP contribution in [0.25, 0.3) is 0 Å². The number of alkyl halides is 3. The molecule has 2 rings (SSSR count). The maximum atomic E-state index is 12.6. The number of carboxylic acid groups (broad SMARTS) is 1. The van der Waals surface area contributed by atoms with Gasteiger partial charge in [-0.3, -0.25) is 4.79 Å². The highest BCUT2D eigenvalue weighted by molar-refractivity contribution is 6.31. The molecule has 132 valence electrons. The standard InChI is InChI=1S/C12H13ClF3N5O3/c1-17-10(22)6-5-20(11(23)24)2-3-21(6)9-8(13)19-7(4-18-9)12(14,15)16/h4,6H,2-3,5H2,1H3,(H,17,22)(H,23,24). The van der Waals surface area contributed by atoms with E-state index in [1.54, 1.807) is 0 Å². The van der Waals surface area contributed by atoms with Crippen LogP contribution in [-0.4, -0.2) is 64.7 Å². The number of likely N-dealkylation sites (N-methyl/N-ethyl adjacent to an activating group) is 1. The number of piperazine rings is 1. The van der Waals surface area contributed by atoms with Crippen molar-refractivity contribution in [2.45, 2.75) is 12.2 Å². The zero-order valence-corrected chi connectivity index (χ0v) is 13.1. The van der Waals surface area contributed by atoms with E-state index < -0.39 is 35.1 Å². The van der Waals surface area contributed by atoms with Gasteiger partial charge in [-0.2, -0.15) is 13.2 Å². The molecule has 2 N–H and O–H groups in total. The van der Waals surface area contributed by atoms with Gasteiger partial charge in [-0.05, 0) is 0 Å². The molecule has 1 aromatic heterocycles. The maximum absolute atomic E-state index is 12.6. The Kier molecular flexibility index (Phi) is 5.02. The molecule has 1 saturated heterocycles. The van der Waals surface area contributed by atoms with Gasteiger partial charge in [0.15, 0.2) is 16.7 Å². The summed E-state index contributed by atoms with van der Waals surface area (Å²) in [7, 11) is 1.36. The number of amides is 2. The Balaban J connectivity index is 2.35. The molecule has 0 spiro atoms. The Labute approximate surface area is 139 Å². The van der Waals surface area contributed by atoms with Crippen molar-refractivity contribution in [1.29, 1.82) is 0 Å². The maximum Gasteiger partial charge on any atom is 0.434 e. The van der Waals surface area contributed by atoms with Gasteiger partial charge in [0.2, 0.25) is 5.91 Å². The lowest BCUT2D eigenvalue weighted by Gasteiger charge is -2.39. The fourth-order valence-corrected chi connectivity index (χ4v) is 2.54. The molecule has 24 heavy (non-hydrogen) atoms. The molecule has 2 heterocycles. The summed E-state index contributed by atoms with van der Waals surface area (Å²) in [5.74, 6) is -0.623. The first-order chi connectivity index (χ1) is 11.1. The van der Waals surface area contributed by atoms with Crippen molar-refractivity contribution in [2.75, 3.05) is 31.6 Å². The van der Waals surface area contributed by atoms with Crippen molar-refractivity contribution < 1.29 is 27.9 Å². The SMILES string of the molecule is CNC(=O)C1CN(C(=O)O)CCN1c1ncc(C(F)(F)F)nc1Cl. The third kappa shape index (κ3) is 3.61. The number of carbonyl (C=O) groups excluding carboxylic acids is 1. The fourth-order valence-electron chi connectivity index (χ4n) is 2.29. The smallest absolute Gasteiger partial charge is 0.434 e. The second-order valence-electron chi connectivity index (χ2n) is 4.92. The van der Waals surface area contributed by atoms with Crippen molar-refractivity contribution in [3.63, 3.8) is 0 Å². The summed E-state index contributed by atoms with van der Waals surface area (Å²) < 4.78 is 37.9. The van der Waals surface area contributed by atoms with Crippen LogP contribution in [0, 0.1) is 0 Å². The van der Waals surface area contributed by atoms with Crippen molar-refractivity contribution in [3.05, 3.63) is 17.0 Å². The number of carbonyl (C=O) groups is 2. The molecule has 1 aliphatic heterocycles. The Bertz CT molecular complexity index is 657. The molecule has 0 aromatic carbocycles. The summed E-state index contributed by atoms with van der Waals surface area (Å²) in [5.41, 5.74) is -1.25. The minimum atomic E-state index is -4.70. The lowest BCUT2D eigenvalue weighted by atomic mass is 10.1. The van der Waals surface area contributed by atoms with Crippen LogP contribution in [-0.2, 0) is 11.0 Å². The molecule has 1 fully saturated rings. The number of hydrogen-bond acceptors (Lipinski definition) is 5. The minimum Gasteiger partial charge on any atom is -0.465 e. The normalized spacial score (nSPS) is 18.5. The van der Waals surface area contributed by atoms with E-state index in [2.05, 4.69) is 15.3 Å². The molecule has 0 radical (unpaired) electrons. The molecular weight excluding hydrogens is 355 g/mol. The molecule has 0 bridgehead atoms. The second-order valence-corrected chi connectivity index (χ2v) is 5.28. The van der Waals surface area contributed by atoms with Crippen LogP contribution >= 0.6 is 11.6 Å². The molecule has 1 unspecified atom stereocenters. The number of nitrogens with zero attached hydrogens (tertiary/aromatic N) is 4. The number of nitrogens with one attached hydrogen (secondary N) is 1. The lowest BCUT2D eigenvalue weighted by molar-refractivity contribution is -0.141. The molecule has 2 amide bonds. The number of anilines is 1. The van der Waals surface area contributed by atoms with E-state index in [0.717, 1.165) is 4.90 Å². The van der Waals surface area contributed by atoms with Crippen molar-refractivity contribution in [1.82, 2.24) is 20.2 Å². The van der Waals surface area contributed by atoms with Crippen LogP contribution in [0.2, 0.25) is 5.15 Å². The highest BCUT2D eigenvalue weighted by Crippen LogP contribution is 2.31. The van der Waals surface area contributed by atoms with Crippen LogP contribution in [0.4, 0.5) is 23.8 Å². The summed E-state index contributed by atoms with van der Waals surface area (Å²) >= 11 is 5.80. The van der Waals surface area contributed by atoms with Gasteiger partial charge in [0.25, 0.3) is 0 Å². The highest BCUT2D eigenvalue weighted by Gasteiger charge is 2.38. The van der Waals surface area contributed by atoms with Crippen molar-refractivity contribution in [2.24, 2.45) is 0 Å². The van der Waals surface area contributed by atoms with E-state index in [4.69, 9.17) is 16.7 Å². The molecule has 1 atom stereocenters. The molecule has 8 nitrogen and oxygen atoms in total. The first kappa shape index (κ1) is 18.0. The van der Waals surface area contributed by atoms with E-state index in [0.29, 0.717) is 6.20 Å². The summed E-state index contributed by atoms with van der Waals surface area (Å²) in [6.45, 7) is -0.0972. The molecular formula is C12H13ClF3N5O3.